The van der Waals surface area contributed by atoms with Gasteiger partial charge in [0.05, 0.1) is 0 Å². The molecule has 1 aromatic rings. The van der Waals surface area contributed by atoms with E-state index in [1.165, 1.54) is 16.7 Å². The topological polar surface area (TPSA) is 35.5 Å². The van der Waals surface area contributed by atoms with E-state index in [4.69, 9.17) is 0 Å². The molecule has 1 aliphatic heterocycles. The molecule has 2 rings (SSSR count). The maximum absolute atomic E-state index is 9.21. The van der Waals surface area contributed by atoms with Crippen molar-refractivity contribution in [3.63, 3.8) is 0 Å². The monoisotopic (exact) mass is 290 g/mol. The number of aliphatic hydroxyl groups is 1. The molecule has 0 saturated carbocycles. The first-order valence-corrected chi connectivity index (χ1v) is 8.21. The molecule has 0 aromatic heterocycles. The van der Waals surface area contributed by atoms with Crippen molar-refractivity contribution in [1.29, 1.82) is 0 Å². The summed E-state index contributed by atoms with van der Waals surface area (Å²) in [4.78, 5) is 2.54. The van der Waals surface area contributed by atoms with Crippen LogP contribution in [0, 0.1) is 19.8 Å². The van der Waals surface area contributed by atoms with Gasteiger partial charge >= 0.3 is 0 Å². The van der Waals surface area contributed by atoms with Crippen LogP contribution in [-0.2, 0) is 0 Å². The Hall–Kier alpha value is -0.900. The highest BCUT2D eigenvalue weighted by Crippen LogP contribution is 2.22. The van der Waals surface area contributed by atoms with Crippen molar-refractivity contribution in [2.45, 2.75) is 39.2 Å². The molecule has 2 N–H and O–H groups in total. The Labute approximate surface area is 129 Å². The van der Waals surface area contributed by atoms with Gasteiger partial charge in [0, 0.05) is 12.6 Å². The van der Waals surface area contributed by atoms with Crippen molar-refractivity contribution in [2.24, 2.45) is 5.92 Å². The lowest BCUT2D eigenvalue weighted by Gasteiger charge is -2.32. The van der Waals surface area contributed by atoms with Crippen LogP contribution >= 0.6 is 0 Å². The molecule has 3 nitrogen and oxygen atoms in total. The fraction of sp³-hybridized carbons (Fsp3) is 0.667. The average Bonchev–Trinajstić information content (AvgIpc) is 2.47. The van der Waals surface area contributed by atoms with Crippen molar-refractivity contribution in [1.82, 2.24) is 10.2 Å². The van der Waals surface area contributed by atoms with Crippen molar-refractivity contribution >= 4 is 0 Å². The lowest BCUT2D eigenvalue weighted by Crippen LogP contribution is -2.36. The van der Waals surface area contributed by atoms with Crippen LogP contribution in [0.4, 0.5) is 0 Å². The van der Waals surface area contributed by atoms with Gasteiger partial charge in [-0.3, -0.25) is 0 Å². The van der Waals surface area contributed by atoms with Crippen LogP contribution in [0.3, 0.4) is 0 Å². The fourth-order valence-electron chi connectivity index (χ4n) is 3.39. The smallest absolute Gasteiger partial charge is 0.0460 e. The molecule has 0 bridgehead atoms. The molecular weight excluding hydrogens is 260 g/mol. The Morgan fingerprint density at radius 3 is 2.33 bits per heavy atom. The van der Waals surface area contributed by atoms with Crippen LogP contribution in [0.25, 0.3) is 0 Å². The van der Waals surface area contributed by atoms with Crippen molar-refractivity contribution in [3.8, 4) is 0 Å². The maximum Gasteiger partial charge on any atom is 0.0460 e. The molecule has 0 amide bonds. The number of hydrogen-bond acceptors (Lipinski definition) is 3. The van der Waals surface area contributed by atoms with Crippen LogP contribution in [0.2, 0.25) is 0 Å². The minimum Gasteiger partial charge on any atom is -0.396 e. The van der Waals surface area contributed by atoms with Crippen LogP contribution in [0.5, 0.6) is 0 Å². The molecule has 21 heavy (non-hydrogen) atoms. The predicted molar refractivity (Wildman–Crippen MR) is 88.6 cm³/mol. The molecule has 1 saturated heterocycles. The highest BCUT2D eigenvalue weighted by molar-refractivity contribution is 5.30. The highest BCUT2D eigenvalue weighted by Gasteiger charge is 2.19. The first kappa shape index (κ1) is 16.5. The molecule has 3 heteroatoms. The lowest BCUT2D eigenvalue weighted by atomic mass is 9.96. The van der Waals surface area contributed by atoms with Gasteiger partial charge in [-0.25, -0.2) is 0 Å². The Balaban J connectivity index is 1.88. The van der Waals surface area contributed by atoms with E-state index in [0.29, 0.717) is 18.6 Å². The zero-order chi connectivity index (χ0) is 15.2. The van der Waals surface area contributed by atoms with E-state index < -0.39 is 0 Å². The van der Waals surface area contributed by atoms with E-state index in [1.807, 2.05) is 0 Å². The second-order valence-corrected chi connectivity index (χ2v) is 6.52. The number of nitrogens with zero attached hydrogens (tertiary/aromatic N) is 1. The molecule has 1 aromatic carbocycles. The standard InChI is InChI=1S/C18H30N2O/c1-14-10-15(2)12-17(11-14)18(19-3)6-9-20-7-4-16(13-21)5-8-20/h10-12,16,18-19,21H,4-9,13H2,1-3H3. The second kappa shape index (κ2) is 7.92. The summed E-state index contributed by atoms with van der Waals surface area (Å²) < 4.78 is 0. The van der Waals surface area contributed by atoms with Gasteiger partial charge in [-0.1, -0.05) is 29.3 Å². The molecule has 1 heterocycles. The van der Waals surface area contributed by atoms with Gasteiger partial charge in [-0.2, -0.15) is 0 Å². The van der Waals surface area contributed by atoms with E-state index in [0.717, 1.165) is 38.9 Å². The maximum atomic E-state index is 9.21. The summed E-state index contributed by atoms with van der Waals surface area (Å²) in [5.41, 5.74) is 4.09. The third-order valence-electron chi connectivity index (χ3n) is 4.69. The first-order valence-electron chi connectivity index (χ1n) is 8.21. The van der Waals surface area contributed by atoms with Crippen LogP contribution in [0.15, 0.2) is 18.2 Å². The third kappa shape index (κ3) is 4.80. The molecule has 0 aliphatic carbocycles. The number of aryl methyl sites for hydroxylation is 2. The Morgan fingerprint density at radius 1 is 1.19 bits per heavy atom. The van der Waals surface area contributed by atoms with Gasteiger partial charge < -0.3 is 15.3 Å². The molecule has 118 valence electrons. The van der Waals surface area contributed by atoms with E-state index in [1.54, 1.807) is 0 Å². The predicted octanol–water partition coefficient (Wildman–Crippen LogP) is 2.66. The number of benzene rings is 1. The number of likely N-dealkylation sites (tertiary alicyclic amines) is 1. The van der Waals surface area contributed by atoms with Crippen LogP contribution < -0.4 is 5.32 Å². The zero-order valence-corrected chi connectivity index (χ0v) is 13.7. The minimum atomic E-state index is 0.357. The largest absolute Gasteiger partial charge is 0.396 e. The Kier molecular flexibility index (Phi) is 6.22. The summed E-state index contributed by atoms with van der Waals surface area (Å²) in [6, 6.07) is 7.26. The summed E-state index contributed by atoms with van der Waals surface area (Å²) in [6.07, 6.45) is 3.43. The SMILES string of the molecule is CNC(CCN1CCC(CO)CC1)c1cc(C)cc(C)c1. The third-order valence-corrected chi connectivity index (χ3v) is 4.69. The average molecular weight is 290 g/mol. The summed E-state index contributed by atoms with van der Waals surface area (Å²) in [5, 5.41) is 12.7. The van der Waals surface area contributed by atoms with Crippen LogP contribution in [0.1, 0.15) is 42.0 Å². The van der Waals surface area contributed by atoms with Gasteiger partial charge in [0.15, 0.2) is 0 Å². The van der Waals surface area contributed by atoms with Crippen molar-refractivity contribution in [3.05, 3.63) is 34.9 Å². The van der Waals surface area contributed by atoms with Gasteiger partial charge in [-0.05, 0) is 71.3 Å². The summed E-state index contributed by atoms with van der Waals surface area (Å²) in [6.45, 7) is 8.10. The highest BCUT2D eigenvalue weighted by atomic mass is 16.3. The lowest BCUT2D eigenvalue weighted by molar-refractivity contribution is 0.128. The van der Waals surface area contributed by atoms with Gasteiger partial charge in [-0.15, -0.1) is 0 Å². The molecular formula is C18H30N2O. The van der Waals surface area contributed by atoms with Gasteiger partial charge in [0.1, 0.15) is 0 Å². The van der Waals surface area contributed by atoms with E-state index in [2.05, 4.69) is 49.3 Å². The zero-order valence-electron chi connectivity index (χ0n) is 13.7. The Morgan fingerprint density at radius 2 is 1.81 bits per heavy atom. The number of rotatable bonds is 6. The quantitative estimate of drug-likeness (QED) is 0.845. The van der Waals surface area contributed by atoms with Gasteiger partial charge in [0.25, 0.3) is 0 Å². The first-order chi connectivity index (χ1) is 10.1. The molecule has 1 fully saturated rings. The minimum absolute atomic E-state index is 0.357. The summed E-state index contributed by atoms with van der Waals surface area (Å²) in [5.74, 6) is 0.528. The van der Waals surface area contributed by atoms with E-state index in [9.17, 15) is 5.11 Å². The second-order valence-electron chi connectivity index (χ2n) is 6.52. The van der Waals surface area contributed by atoms with E-state index in [-0.39, 0.29) is 0 Å². The van der Waals surface area contributed by atoms with Crippen LogP contribution in [-0.4, -0.2) is 43.3 Å². The van der Waals surface area contributed by atoms with Crippen molar-refractivity contribution < 1.29 is 5.11 Å². The number of aliphatic hydroxyl groups excluding tert-OH is 1. The van der Waals surface area contributed by atoms with E-state index >= 15 is 0 Å². The number of piperidine rings is 1. The molecule has 0 radical (unpaired) electrons. The van der Waals surface area contributed by atoms with Gasteiger partial charge in [0.2, 0.25) is 0 Å². The molecule has 1 aliphatic rings. The number of hydrogen-bond donors (Lipinski definition) is 2. The molecule has 0 spiro atoms. The normalized spacial score (nSPS) is 18.9. The number of nitrogens with one attached hydrogen (secondary N) is 1. The molecule has 1 atom stereocenters. The summed E-state index contributed by atoms with van der Waals surface area (Å²) in [7, 11) is 2.06. The van der Waals surface area contributed by atoms with Crippen molar-refractivity contribution in [2.75, 3.05) is 33.3 Å². The fourth-order valence-corrected chi connectivity index (χ4v) is 3.39. The summed E-state index contributed by atoms with van der Waals surface area (Å²) >= 11 is 0. The Bertz CT molecular complexity index is 419. The molecule has 1 unspecified atom stereocenters.